The number of hydrogen-bond acceptors (Lipinski definition) is 2. The molecular weight excluding hydrogens is 286 g/mol. The first-order valence-electron chi connectivity index (χ1n) is 8.48. The normalized spacial score (nSPS) is 11.1. The van der Waals surface area contributed by atoms with Crippen LogP contribution in [0, 0.1) is 11.8 Å². The van der Waals surface area contributed by atoms with Crippen molar-refractivity contribution in [2.24, 2.45) is 0 Å². The Kier molecular flexibility index (Phi) is 7.32. The molecule has 23 heavy (non-hydrogen) atoms. The Morgan fingerprint density at radius 1 is 1.26 bits per heavy atom. The minimum absolute atomic E-state index is 0.0625. The molecule has 0 aliphatic carbocycles. The molecule has 3 heteroatoms. The smallest absolute Gasteiger partial charge is 0.254 e. The molecule has 0 aliphatic heterocycles. The minimum atomic E-state index is -1.04. The Morgan fingerprint density at radius 3 is 2.43 bits per heavy atom. The Hall–Kier alpha value is -1.79. The van der Waals surface area contributed by atoms with Gasteiger partial charge in [0.15, 0.2) is 0 Å². The highest BCUT2D eigenvalue weighted by molar-refractivity contribution is 5.94. The summed E-state index contributed by atoms with van der Waals surface area (Å²) in [5, 5.41) is 9.70. The monoisotopic (exact) mass is 315 g/mol. The molecule has 1 amide bonds. The van der Waals surface area contributed by atoms with Crippen molar-refractivity contribution in [3.63, 3.8) is 0 Å². The van der Waals surface area contributed by atoms with Crippen LogP contribution in [-0.4, -0.2) is 34.1 Å². The molecule has 0 heterocycles. The number of benzene rings is 1. The third-order valence-corrected chi connectivity index (χ3v) is 3.73. The molecule has 1 aromatic carbocycles. The molecule has 1 aromatic rings. The summed E-state index contributed by atoms with van der Waals surface area (Å²) >= 11 is 0. The predicted octanol–water partition coefficient (Wildman–Crippen LogP) is 3.85. The summed E-state index contributed by atoms with van der Waals surface area (Å²) in [7, 11) is 0. The Morgan fingerprint density at radius 2 is 1.91 bits per heavy atom. The summed E-state index contributed by atoms with van der Waals surface area (Å²) < 4.78 is 0. The van der Waals surface area contributed by atoms with Gasteiger partial charge < -0.3 is 10.0 Å². The molecule has 0 unspecified atom stereocenters. The quantitative estimate of drug-likeness (QED) is 0.810. The van der Waals surface area contributed by atoms with E-state index in [4.69, 9.17) is 0 Å². The van der Waals surface area contributed by atoms with Gasteiger partial charge in [0.05, 0.1) is 0 Å². The van der Waals surface area contributed by atoms with Crippen LogP contribution in [0.3, 0.4) is 0 Å². The highest BCUT2D eigenvalue weighted by atomic mass is 16.3. The van der Waals surface area contributed by atoms with E-state index >= 15 is 0 Å². The summed E-state index contributed by atoms with van der Waals surface area (Å²) in [6.07, 6.45) is 2.86. The number of amides is 1. The van der Waals surface area contributed by atoms with Gasteiger partial charge in [0, 0.05) is 23.7 Å². The predicted molar refractivity (Wildman–Crippen MR) is 95.3 cm³/mol. The fourth-order valence-corrected chi connectivity index (χ4v) is 2.54. The van der Waals surface area contributed by atoms with Crippen LogP contribution >= 0.6 is 0 Å². The van der Waals surface area contributed by atoms with E-state index in [1.54, 1.807) is 13.8 Å². The molecule has 1 N–H and O–H groups in total. The minimum Gasteiger partial charge on any atom is -0.378 e. The van der Waals surface area contributed by atoms with E-state index < -0.39 is 5.60 Å². The molecule has 0 aliphatic rings. The molecule has 3 nitrogen and oxygen atoms in total. The molecule has 0 saturated heterocycles. The fraction of sp³-hybridized carbons (Fsp3) is 0.550. The van der Waals surface area contributed by atoms with Crippen LogP contribution in [0.4, 0.5) is 0 Å². The largest absolute Gasteiger partial charge is 0.378 e. The average molecular weight is 315 g/mol. The zero-order valence-electron chi connectivity index (χ0n) is 15.0. The van der Waals surface area contributed by atoms with Crippen molar-refractivity contribution < 1.29 is 9.90 Å². The summed E-state index contributed by atoms with van der Waals surface area (Å²) in [5.41, 5.74) is 0.371. The van der Waals surface area contributed by atoms with E-state index in [1.165, 1.54) is 0 Å². The Bertz CT molecular complexity index is 571. The lowest BCUT2D eigenvalue weighted by atomic mass is 10.0. The Labute approximate surface area is 140 Å². The molecule has 0 bridgehead atoms. The third kappa shape index (κ3) is 6.08. The number of hydrogen-bond donors (Lipinski definition) is 1. The summed E-state index contributed by atoms with van der Waals surface area (Å²) in [6, 6.07) is 7.62. The first kappa shape index (κ1) is 19.3. The lowest BCUT2D eigenvalue weighted by molar-refractivity contribution is 0.0667. The maximum atomic E-state index is 12.9. The zero-order chi connectivity index (χ0) is 17.5. The van der Waals surface area contributed by atoms with Crippen molar-refractivity contribution in [1.82, 2.24) is 4.90 Å². The van der Waals surface area contributed by atoms with Crippen LogP contribution < -0.4 is 0 Å². The van der Waals surface area contributed by atoms with Gasteiger partial charge in [-0.15, -0.1) is 0 Å². The fourth-order valence-electron chi connectivity index (χ4n) is 2.54. The summed E-state index contributed by atoms with van der Waals surface area (Å²) in [4.78, 5) is 14.9. The molecule has 126 valence electrons. The molecule has 0 atom stereocenters. The number of aliphatic hydroxyl groups is 1. The second kappa shape index (κ2) is 8.74. The van der Waals surface area contributed by atoms with Gasteiger partial charge in [0.25, 0.3) is 5.91 Å². The molecule has 0 radical (unpaired) electrons. The number of carbonyl (C=O) groups excluding carboxylic acids is 1. The molecular formula is C20H29NO2. The lowest BCUT2D eigenvalue weighted by Crippen LogP contribution is -2.40. The van der Waals surface area contributed by atoms with Crippen LogP contribution in [-0.2, 0) is 0 Å². The molecule has 0 spiro atoms. The van der Waals surface area contributed by atoms with E-state index in [1.807, 2.05) is 29.2 Å². The van der Waals surface area contributed by atoms with Gasteiger partial charge in [-0.25, -0.2) is 0 Å². The topological polar surface area (TPSA) is 40.5 Å². The maximum absolute atomic E-state index is 12.9. The SMILES string of the molecule is CCCN(C(=O)c1cccc(C#CC(C)(C)O)c1)C(CC)CC. The van der Waals surface area contributed by atoms with Crippen LogP contribution in [0.15, 0.2) is 24.3 Å². The highest BCUT2D eigenvalue weighted by Gasteiger charge is 2.21. The number of rotatable bonds is 6. The molecule has 0 fully saturated rings. The molecule has 1 rings (SSSR count). The maximum Gasteiger partial charge on any atom is 0.254 e. The third-order valence-electron chi connectivity index (χ3n) is 3.73. The van der Waals surface area contributed by atoms with Crippen LogP contribution in [0.5, 0.6) is 0 Å². The van der Waals surface area contributed by atoms with Gasteiger partial charge in [-0.05, 0) is 51.3 Å². The molecule has 0 aromatic heterocycles. The lowest BCUT2D eigenvalue weighted by Gasteiger charge is -2.30. The highest BCUT2D eigenvalue weighted by Crippen LogP contribution is 2.15. The second-order valence-electron chi connectivity index (χ2n) is 6.36. The van der Waals surface area contributed by atoms with Crippen molar-refractivity contribution in [2.45, 2.75) is 65.5 Å². The van der Waals surface area contributed by atoms with Crippen molar-refractivity contribution in [3.05, 3.63) is 35.4 Å². The zero-order valence-corrected chi connectivity index (χ0v) is 15.0. The van der Waals surface area contributed by atoms with Gasteiger partial charge in [-0.2, -0.15) is 0 Å². The Balaban J connectivity index is 3.08. The van der Waals surface area contributed by atoms with Crippen LogP contribution in [0.25, 0.3) is 0 Å². The van der Waals surface area contributed by atoms with Crippen LogP contribution in [0.1, 0.15) is 69.8 Å². The number of nitrogens with zero attached hydrogens (tertiary/aromatic N) is 1. The van der Waals surface area contributed by atoms with Crippen molar-refractivity contribution in [2.75, 3.05) is 6.54 Å². The number of carbonyl (C=O) groups is 1. The average Bonchev–Trinajstić information content (AvgIpc) is 2.52. The van der Waals surface area contributed by atoms with Gasteiger partial charge in [-0.1, -0.05) is 38.7 Å². The van der Waals surface area contributed by atoms with Crippen molar-refractivity contribution >= 4 is 5.91 Å². The van der Waals surface area contributed by atoms with E-state index in [-0.39, 0.29) is 11.9 Å². The van der Waals surface area contributed by atoms with Gasteiger partial charge in [0.2, 0.25) is 0 Å². The van der Waals surface area contributed by atoms with Gasteiger partial charge >= 0.3 is 0 Å². The summed E-state index contributed by atoms with van der Waals surface area (Å²) in [6.45, 7) is 10.4. The van der Waals surface area contributed by atoms with E-state index in [9.17, 15) is 9.90 Å². The van der Waals surface area contributed by atoms with E-state index in [2.05, 4.69) is 32.6 Å². The first-order chi connectivity index (χ1) is 10.8. The van der Waals surface area contributed by atoms with Crippen LogP contribution in [0.2, 0.25) is 0 Å². The van der Waals surface area contributed by atoms with Gasteiger partial charge in [0.1, 0.15) is 5.60 Å². The standard InChI is InChI=1S/C20H29NO2/c1-6-14-21(18(7-2)8-3)19(22)17-11-9-10-16(15-17)12-13-20(4,5)23/h9-11,15,18,23H,6-8,14H2,1-5H3. The van der Waals surface area contributed by atoms with Gasteiger partial charge in [-0.3, -0.25) is 4.79 Å². The van der Waals surface area contributed by atoms with Crippen molar-refractivity contribution in [3.8, 4) is 11.8 Å². The first-order valence-corrected chi connectivity index (χ1v) is 8.48. The second-order valence-corrected chi connectivity index (χ2v) is 6.36. The van der Waals surface area contributed by atoms with Crippen molar-refractivity contribution in [1.29, 1.82) is 0 Å². The summed E-state index contributed by atoms with van der Waals surface area (Å²) in [5.74, 6) is 5.78. The van der Waals surface area contributed by atoms with E-state index in [0.717, 1.165) is 31.4 Å². The molecule has 0 saturated carbocycles. The van der Waals surface area contributed by atoms with E-state index in [0.29, 0.717) is 5.56 Å².